The first kappa shape index (κ1) is 11.6. The molecule has 0 aliphatic rings. The number of benzene rings is 1. The molecule has 1 N–H and O–H groups in total. The van der Waals surface area contributed by atoms with Gasteiger partial charge in [0.05, 0.1) is 12.3 Å². The quantitative estimate of drug-likeness (QED) is 0.889. The summed E-state index contributed by atoms with van der Waals surface area (Å²) < 4.78 is 31.0. The van der Waals surface area contributed by atoms with Crippen molar-refractivity contribution in [2.24, 2.45) is 0 Å². The number of aromatic nitrogens is 2. The molecule has 0 saturated carbocycles. The summed E-state index contributed by atoms with van der Waals surface area (Å²) >= 11 is 0. The van der Waals surface area contributed by atoms with Crippen LogP contribution < -0.4 is 4.74 Å². The Labute approximate surface area is 97.4 Å². The molecule has 0 atom stereocenters. The van der Waals surface area contributed by atoms with E-state index in [2.05, 4.69) is 10.2 Å². The molecule has 0 unspecified atom stereocenters. The van der Waals surface area contributed by atoms with Crippen LogP contribution in [-0.2, 0) is 6.42 Å². The number of nitrogens with zero attached hydrogens (tertiary/aromatic N) is 1. The van der Waals surface area contributed by atoms with Gasteiger partial charge in [-0.25, -0.2) is 8.78 Å². The van der Waals surface area contributed by atoms with E-state index >= 15 is 0 Å². The molecular formula is C12H12F2N2O. The van der Waals surface area contributed by atoms with Crippen LogP contribution in [0.2, 0.25) is 0 Å². The molecule has 1 heterocycles. The molecule has 0 radical (unpaired) electrons. The monoisotopic (exact) mass is 238 g/mol. The summed E-state index contributed by atoms with van der Waals surface area (Å²) in [7, 11) is 0. The summed E-state index contributed by atoms with van der Waals surface area (Å²) in [5, 5.41) is 6.83. The second kappa shape index (κ2) is 4.95. The van der Waals surface area contributed by atoms with Gasteiger partial charge >= 0.3 is 0 Å². The standard InChI is InChI=1S/C12H12F2N2O/c1-8-6-10(16-15-8)4-5-17-12-3-2-9(13)7-11(12)14/h2-3,6-7H,4-5H2,1H3,(H,15,16). The third kappa shape index (κ3) is 3.03. The molecule has 3 nitrogen and oxygen atoms in total. The summed E-state index contributed by atoms with van der Waals surface area (Å²) in [4.78, 5) is 0. The fraction of sp³-hybridized carbons (Fsp3) is 0.250. The van der Waals surface area contributed by atoms with Crippen LogP contribution in [0.1, 0.15) is 11.4 Å². The van der Waals surface area contributed by atoms with E-state index in [4.69, 9.17) is 4.74 Å². The van der Waals surface area contributed by atoms with Gasteiger partial charge in [0, 0.05) is 18.2 Å². The topological polar surface area (TPSA) is 37.9 Å². The number of ether oxygens (including phenoxy) is 1. The first-order chi connectivity index (χ1) is 8.15. The molecule has 1 aromatic carbocycles. The van der Waals surface area contributed by atoms with Crippen LogP contribution in [0.4, 0.5) is 8.78 Å². The Morgan fingerprint density at radius 1 is 1.29 bits per heavy atom. The number of aryl methyl sites for hydroxylation is 1. The lowest BCUT2D eigenvalue weighted by Crippen LogP contribution is -2.03. The number of rotatable bonds is 4. The molecule has 1 aromatic heterocycles. The predicted octanol–water partition coefficient (Wildman–Crippen LogP) is 2.62. The lowest BCUT2D eigenvalue weighted by Gasteiger charge is -2.05. The average Bonchev–Trinajstić information content (AvgIpc) is 2.68. The molecule has 90 valence electrons. The maximum absolute atomic E-state index is 13.2. The maximum atomic E-state index is 13.2. The van der Waals surface area contributed by atoms with E-state index in [1.807, 2.05) is 13.0 Å². The lowest BCUT2D eigenvalue weighted by molar-refractivity contribution is 0.303. The Bertz CT molecular complexity index is 511. The Morgan fingerprint density at radius 2 is 2.12 bits per heavy atom. The van der Waals surface area contributed by atoms with Crippen molar-refractivity contribution in [2.75, 3.05) is 6.61 Å². The van der Waals surface area contributed by atoms with Gasteiger partial charge in [-0.05, 0) is 25.1 Å². The van der Waals surface area contributed by atoms with Crippen molar-refractivity contribution in [3.8, 4) is 5.75 Å². The molecule has 0 bridgehead atoms. The smallest absolute Gasteiger partial charge is 0.167 e. The van der Waals surface area contributed by atoms with Crippen molar-refractivity contribution in [3.05, 3.63) is 47.3 Å². The van der Waals surface area contributed by atoms with E-state index in [0.29, 0.717) is 13.0 Å². The minimum Gasteiger partial charge on any atom is -0.490 e. The molecule has 2 rings (SSSR count). The van der Waals surface area contributed by atoms with Crippen LogP contribution in [-0.4, -0.2) is 16.8 Å². The first-order valence-corrected chi connectivity index (χ1v) is 5.24. The highest BCUT2D eigenvalue weighted by Crippen LogP contribution is 2.17. The molecule has 0 aliphatic carbocycles. The largest absolute Gasteiger partial charge is 0.490 e. The molecule has 0 spiro atoms. The molecule has 0 saturated heterocycles. The van der Waals surface area contributed by atoms with E-state index in [1.54, 1.807) is 0 Å². The number of aromatic amines is 1. The van der Waals surface area contributed by atoms with Gasteiger partial charge in [-0.15, -0.1) is 0 Å². The summed E-state index contributed by atoms with van der Waals surface area (Å²) in [6, 6.07) is 5.13. The van der Waals surface area contributed by atoms with Crippen molar-refractivity contribution in [1.82, 2.24) is 10.2 Å². The second-order valence-corrected chi connectivity index (χ2v) is 3.72. The highest BCUT2D eigenvalue weighted by atomic mass is 19.1. The molecular weight excluding hydrogens is 226 g/mol. The van der Waals surface area contributed by atoms with Gasteiger partial charge in [0.25, 0.3) is 0 Å². The normalized spacial score (nSPS) is 10.5. The second-order valence-electron chi connectivity index (χ2n) is 3.72. The molecule has 5 heteroatoms. The first-order valence-electron chi connectivity index (χ1n) is 5.24. The van der Waals surface area contributed by atoms with Gasteiger partial charge in [-0.1, -0.05) is 0 Å². The summed E-state index contributed by atoms with van der Waals surface area (Å²) in [6.07, 6.45) is 0.571. The molecule has 17 heavy (non-hydrogen) atoms. The number of hydrogen-bond acceptors (Lipinski definition) is 2. The van der Waals surface area contributed by atoms with Crippen LogP contribution in [0.3, 0.4) is 0 Å². The van der Waals surface area contributed by atoms with Gasteiger partial charge in [-0.3, -0.25) is 5.10 Å². The van der Waals surface area contributed by atoms with Crippen molar-refractivity contribution >= 4 is 0 Å². The molecule has 0 amide bonds. The van der Waals surface area contributed by atoms with Crippen molar-refractivity contribution in [1.29, 1.82) is 0 Å². The Morgan fingerprint density at radius 3 is 2.76 bits per heavy atom. The molecule has 0 fully saturated rings. The fourth-order valence-corrected chi connectivity index (χ4v) is 1.46. The minimum atomic E-state index is -0.691. The van der Waals surface area contributed by atoms with Gasteiger partial charge in [0.15, 0.2) is 11.6 Å². The lowest BCUT2D eigenvalue weighted by atomic mass is 10.3. The Hall–Kier alpha value is -1.91. The Kier molecular flexibility index (Phi) is 3.37. The third-order valence-corrected chi connectivity index (χ3v) is 2.27. The van der Waals surface area contributed by atoms with Crippen LogP contribution in [0, 0.1) is 18.6 Å². The zero-order valence-corrected chi connectivity index (χ0v) is 9.34. The van der Waals surface area contributed by atoms with Gasteiger partial charge < -0.3 is 4.74 Å². The highest BCUT2D eigenvalue weighted by molar-refractivity contribution is 5.24. The van der Waals surface area contributed by atoms with E-state index < -0.39 is 11.6 Å². The van der Waals surface area contributed by atoms with Crippen LogP contribution in [0.15, 0.2) is 24.3 Å². The predicted molar refractivity (Wildman–Crippen MR) is 58.9 cm³/mol. The molecule has 0 aliphatic heterocycles. The fourth-order valence-electron chi connectivity index (χ4n) is 1.46. The minimum absolute atomic E-state index is 0.0543. The third-order valence-electron chi connectivity index (χ3n) is 2.27. The SMILES string of the molecule is Cc1cc(CCOc2ccc(F)cc2F)n[nH]1. The van der Waals surface area contributed by atoms with Crippen molar-refractivity contribution in [3.63, 3.8) is 0 Å². The van der Waals surface area contributed by atoms with E-state index in [9.17, 15) is 8.78 Å². The number of H-pyrrole nitrogens is 1. The van der Waals surface area contributed by atoms with Crippen LogP contribution in [0.25, 0.3) is 0 Å². The van der Waals surface area contributed by atoms with E-state index in [0.717, 1.165) is 23.5 Å². The highest BCUT2D eigenvalue weighted by Gasteiger charge is 2.05. The van der Waals surface area contributed by atoms with Crippen molar-refractivity contribution in [2.45, 2.75) is 13.3 Å². The van der Waals surface area contributed by atoms with E-state index in [-0.39, 0.29) is 5.75 Å². The van der Waals surface area contributed by atoms with Gasteiger partial charge in [0.2, 0.25) is 0 Å². The van der Waals surface area contributed by atoms with Gasteiger partial charge in [0.1, 0.15) is 5.82 Å². The average molecular weight is 238 g/mol. The molecule has 2 aromatic rings. The summed E-state index contributed by atoms with van der Waals surface area (Å²) in [6.45, 7) is 2.20. The van der Waals surface area contributed by atoms with E-state index in [1.165, 1.54) is 6.07 Å². The van der Waals surface area contributed by atoms with Crippen molar-refractivity contribution < 1.29 is 13.5 Å². The number of hydrogen-bond donors (Lipinski definition) is 1. The summed E-state index contributed by atoms with van der Waals surface area (Å²) in [5.74, 6) is -1.25. The number of halogens is 2. The summed E-state index contributed by atoms with van der Waals surface area (Å²) in [5.41, 5.74) is 1.82. The van der Waals surface area contributed by atoms with Gasteiger partial charge in [-0.2, -0.15) is 5.10 Å². The van der Waals surface area contributed by atoms with Crippen LogP contribution >= 0.6 is 0 Å². The zero-order chi connectivity index (χ0) is 12.3. The Balaban J connectivity index is 1.90. The number of nitrogens with one attached hydrogen (secondary N) is 1. The maximum Gasteiger partial charge on any atom is 0.167 e. The van der Waals surface area contributed by atoms with Crippen LogP contribution in [0.5, 0.6) is 5.75 Å². The zero-order valence-electron chi connectivity index (χ0n) is 9.34.